The molecular formula is C34H36N4O4S4. The van der Waals surface area contributed by atoms with Crippen molar-refractivity contribution in [1.29, 1.82) is 0 Å². The van der Waals surface area contributed by atoms with Crippen LogP contribution in [0.4, 0.5) is 0 Å². The van der Waals surface area contributed by atoms with Gasteiger partial charge in [-0.25, -0.2) is 0 Å². The highest BCUT2D eigenvalue weighted by molar-refractivity contribution is 8.29. The lowest BCUT2D eigenvalue weighted by molar-refractivity contribution is -0.131. The van der Waals surface area contributed by atoms with Crippen molar-refractivity contribution >= 4 is 80.2 Å². The number of likely N-dealkylation sites (tertiary alicyclic amines) is 2. The van der Waals surface area contributed by atoms with Crippen LogP contribution in [0.15, 0.2) is 70.5 Å². The third kappa shape index (κ3) is 7.25. The second-order valence-electron chi connectivity index (χ2n) is 12.0. The van der Waals surface area contributed by atoms with Gasteiger partial charge in [0.2, 0.25) is 11.8 Å². The van der Waals surface area contributed by atoms with Gasteiger partial charge in [0, 0.05) is 63.9 Å². The van der Waals surface area contributed by atoms with Crippen LogP contribution >= 0.6 is 48.0 Å². The van der Waals surface area contributed by atoms with Crippen molar-refractivity contribution in [2.45, 2.75) is 50.4 Å². The van der Waals surface area contributed by atoms with Crippen molar-refractivity contribution in [2.24, 2.45) is 0 Å². The average molecular weight is 693 g/mol. The third-order valence-electron chi connectivity index (χ3n) is 9.07. The summed E-state index contributed by atoms with van der Waals surface area (Å²) in [4.78, 5) is 59.9. The molecule has 2 atom stereocenters. The van der Waals surface area contributed by atoms with Crippen LogP contribution in [0.25, 0.3) is 0 Å². The first-order chi connectivity index (χ1) is 22.3. The highest BCUT2D eigenvalue weighted by Crippen LogP contribution is 2.42. The number of carbonyl (C=O) groups is 4. The molecule has 0 aliphatic carbocycles. The molecular weight excluding hydrogens is 657 g/mol. The van der Waals surface area contributed by atoms with Crippen molar-refractivity contribution in [3.8, 4) is 0 Å². The predicted octanol–water partition coefficient (Wildman–Crippen LogP) is 5.51. The summed E-state index contributed by atoms with van der Waals surface area (Å²) in [5, 5.41) is 0. The zero-order valence-corrected chi connectivity index (χ0v) is 28.7. The van der Waals surface area contributed by atoms with Gasteiger partial charge in [-0.15, -0.1) is 0 Å². The van der Waals surface area contributed by atoms with Gasteiger partial charge in [0.1, 0.15) is 8.64 Å². The molecule has 0 aromatic heterocycles. The molecule has 4 saturated heterocycles. The van der Waals surface area contributed by atoms with E-state index in [4.69, 9.17) is 24.4 Å². The molecule has 12 heteroatoms. The van der Waals surface area contributed by atoms with Crippen LogP contribution in [0.3, 0.4) is 0 Å². The van der Waals surface area contributed by atoms with Gasteiger partial charge in [-0.2, -0.15) is 0 Å². The van der Waals surface area contributed by atoms with Crippen LogP contribution in [0.5, 0.6) is 0 Å². The van der Waals surface area contributed by atoms with Crippen LogP contribution in [-0.2, 0) is 19.2 Å². The fourth-order valence-electron chi connectivity index (χ4n) is 6.52. The minimum atomic E-state index is -0.314. The van der Waals surface area contributed by atoms with Crippen LogP contribution in [0.2, 0.25) is 0 Å². The highest BCUT2D eigenvalue weighted by atomic mass is 32.2. The monoisotopic (exact) mass is 692 g/mol. The molecule has 4 heterocycles. The third-order valence-corrected chi connectivity index (χ3v) is 12.1. The number of carbonyl (C=O) groups excluding carboxylic acids is 4. The Balaban J connectivity index is 0.962. The Labute approximate surface area is 288 Å². The smallest absolute Gasteiger partial charge is 0.267 e. The van der Waals surface area contributed by atoms with Gasteiger partial charge in [0.05, 0.1) is 9.81 Å². The van der Waals surface area contributed by atoms with Crippen molar-refractivity contribution in [2.75, 3.05) is 39.3 Å². The molecule has 0 radical (unpaired) electrons. The Bertz CT molecular complexity index is 1450. The molecule has 2 unspecified atom stereocenters. The van der Waals surface area contributed by atoms with Gasteiger partial charge in [-0.3, -0.25) is 29.0 Å². The van der Waals surface area contributed by atoms with Crippen molar-refractivity contribution in [3.63, 3.8) is 0 Å². The summed E-state index contributed by atoms with van der Waals surface area (Å²) >= 11 is 13.2. The second kappa shape index (κ2) is 14.8. The van der Waals surface area contributed by atoms with E-state index in [1.165, 1.54) is 20.9 Å². The van der Waals surface area contributed by atoms with Crippen LogP contribution < -0.4 is 0 Å². The first-order valence-corrected chi connectivity index (χ1v) is 18.2. The summed E-state index contributed by atoms with van der Waals surface area (Å²) in [7, 11) is 0. The Hall–Kier alpha value is -3.06. The summed E-state index contributed by atoms with van der Waals surface area (Å²) in [6.07, 6.45) is 3.55. The Kier molecular flexibility index (Phi) is 10.6. The lowest BCUT2D eigenvalue weighted by atomic mass is 9.99. The summed E-state index contributed by atoms with van der Waals surface area (Å²) in [6.45, 7) is 3.55. The zero-order chi connectivity index (χ0) is 32.2. The predicted molar refractivity (Wildman–Crippen MR) is 190 cm³/mol. The fourth-order valence-corrected chi connectivity index (χ4v) is 9.29. The van der Waals surface area contributed by atoms with E-state index in [0.717, 1.165) is 49.5 Å². The lowest BCUT2D eigenvalue weighted by Crippen LogP contribution is -2.33. The number of rotatable bonds is 10. The van der Waals surface area contributed by atoms with Gasteiger partial charge < -0.3 is 9.80 Å². The molecule has 2 aromatic rings. The van der Waals surface area contributed by atoms with Crippen molar-refractivity contribution < 1.29 is 19.2 Å². The molecule has 4 amide bonds. The van der Waals surface area contributed by atoms with E-state index < -0.39 is 0 Å². The maximum absolute atomic E-state index is 13.4. The molecule has 2 aromatic carbocycles. The Morgan fingerprint density at radius 2 is 1.04 bits per heavy atom. The summed E-state index contributed by atoms with van der Waals surface area (Å²) in [5.41, 5.74) is 2.52. The lowest BCUT2D eigenvalue weighted by Gasteiger charge is -2.18. The molecule has 240 valence electrons. The summed E-state index contributed by atoms with van der Waals surface area (Å²) in [6, 6.07) is 20.5. The Morgan fingerprint density at radius 1 is 0.652 bits per heavy atom. The van der Waals surface area contributed by atoms with E-state index in [2.05, 4.69) is 24.3 Å². The minimum Gasteiger partial charge on any atom is -0.342 e. The van der Waals surface area contributed by atoms with Gasteiger partial charge in [-0.1, -0.05) is 109 Å². The number of hydrogen-bond acceptors (Lipinski definition) is 8. The van der Waals surface area contributed by atoms with Crippen LogP contribution in [-0.4, -0.2) is 91.1 Å². The number of hydrogen-bond donors (Lipinski definition) is 0. The van der Waals surface area contributed by atoms with E-state index >= 15 is 0 Å². The van der Waals surface area contributed by atoms with E-state index in [-0.39, 0.29) is 23.6 Å². The summed E-state index contributed by atoms with van der Waals surface area (Å²) in [5.74, 6) is 0.256. The van der Waals surface area contributed by atoms with Crippen molar-refractivity contribution in [1.82, 2.24) is 19.6 Å². The molecule has 0 bridgehead atoms. The standard InChI is InChI=1S/C34H36N4O4S4/c39-27(35-19-15-25(21-35)23-9-3-1-4-10-23)13-7-17-37-31(41)29(45-33(37)43)30-32(42)38(34(44)46-30)18-8-14-28(40)36-20-16-26(22-36)24-11-5-2-6-12-24/h1-6,9-12,25-26H,7-8,13-22H2/b30-29+. The molecule has 0 saturated carbocycles. The van der Waals surface area contributed by atoms with Crippen LogP contribution in [0.1, 0.15) is 61.5 Å². The van der Waals surface area contributed by atoms with E-state index in [1.54, 1.807) is 0 Å². The molecule has 8 nitrogen and oxygen atoms in total. The second-order valence-corrected chi connectivity index (χ2v) is 15.3. The quantitative estimate of drug-likeness (QED) is 0.238. The van der Waals surface area contributed by atoms with Gasteiger partial charge in [0.15, 0.2) is 0 Å². The maximum atomic E-state index is 13.4. The Morgan fingerprint density at radius 3 is 1.43 bits per heavy atom. The fraction of sp³-hybridized carbons (Fsp3) is 0.412. The first-order valence-electron chi connectivity index (χ1n) is 15.8. The molecule has 0 spiro atoms. The molecule has 4 aliphatic heterocycles. The zero-order valence-electron chi connectivity index (χ0n) is 25.5. The van der Waals surface area contributed by atoms with E-state index in [9.17, 15) is 19.2 Å². The molecule has 4 fully saturated rings. The number of thioether (sulfide) groups is 2. The number of benzene rings is 2. The number of thiocarbonyl (C=S) groups is 2. The first kappa shape index (κ1) is 32.9. The highest BCUT2D eigenvalue weighted by Gasteiger charge is 2.42. The van der Waals surface area contributed by atoms with Gasteiger partial charge in [-0.05, 0) is 36.8 Å². The van der Waals surface area contributed by atoms with E-state index in [0.29, 0.717) is 82.1 Å². The van der Waals surface area contributed by atoms with E-state index in [1.807, 2.05) is 46.2 Å². The average Bonchev–Trinajstić information content (AvgIpc) is 3.87. The largest absolute Gasteiger partial charge is 0.342 e. The minimum absolute atomic E-state index is 0.0870. The van der Waals surface area contributed by atoms with Gasteiger partial charge >= 0.3 is 0 Å². The van der Waals surface area contributed by atoms with Crippen molar-refractivity contribution in [3.05, 3.63) is 81.6 Å². The maximum Gasteiger partial charge on any atom is 0.267 e. The number of amides is 4. The number of nitrogens with zero attached hydrogens (tertiary/aromatic N) is 4. The molecule has 0 N–H and O–H groups in total. The van der Waals surface area contributed by atoms with Crippen LogP contribution in [0, 0.1) is 0 Å². The topological polar surface area (TPSA) is 81.2 Å². The molecule has 4 aliphatic rings. The molecule has 6 rings (SSSR count). The summed E-state index contributed by atoms with van der Waals surface area (Å²) < 4.78 is 0.765. The normalized spacial score (nSPS) is 23.4. The SMILES string of the molecule is O=C(CCCN1C(=O)/C(=C2\SC(=S)N(CCCC(=O)N3CCC(c4ccccc4)C3)C2=O)SC1=S)N1CCC(c2ccccc2)C1. The molecule has 46 heavy (non-hydrogen) atoms. The van der Waals surface area contributed by atoms with Gasteiger partial charge in [0.25, 0.3) is 11.8 Å².